The molecule has 0 unspecified atom stereocenters. The van der Waals surface area contributed by atoms with Gasteiger partial charge in [-0.1, -0.05) is 39.3 Å². The van der Waals surface area contributed by atoms with Gasteiger partial charge in [0.15, 0.2) is 5.96 Å². The van der Waals surface area contributed by atoms with Gasteiger partial charge in [-0.05, 0) is 31.1 Å². The standard InChI is InChI=1S/C15H29N3/c1-15(2,3)11-7-8-12-17-14(16-4)18-13-9-5-6-10-13/h5-6,13H,7-12H2,1-4H3,(H2,16,17,18). The quantitative estimate of drug-likeness (QED) is 0.341. The normalized spacial score (nSPS) is 17.2. The van der Waals surface area contributed by atoms with E-state index in [-0.39, 0.29) is 0 Å². The Balaban J connectivity index is 2.09. The van der Waals surface area contributed by atoms with Crippen LogP contribution in [-0.4, -0.2) is 25.6 Å². The molecule has 18 heavy (non-hydrogen) atoms. The van der Waals surface area contributed by atoms with Crippen molar-refractivity contribution in [3.05, 3.63) is 12.2 Å². The Labute approximate surface area is 112 Å². The van der Waals surface area contributed by atoms with Gasteiger partial charge in [0.2, 0.25) is 0 Å². The zero-order valence-electron chi connectivity index (χ0n) is 12.4. The van der Waals surface area contributed by atoms with Crippen molar-refractivity contribution in [2.45, 2.75) is 58.9 Å². The summed E-state index contributed by atoms with van der Waals surface area (Å²) in [7, 11) is 1.84. The van der Waals surface area contributed by atoms with E-state index >= 15 is 0 Å². The first-order chi connectivity index (χ1) is 8.51. The third kappa shape index (κ3) is 6.67. The molecule has 0 saturated carbocycles. The van der Waals surface area contributed by atoms with Crippen molar-refractivity contribution >= 4 is 5.96 Å². The van der Waals surface area contributed by atoms with Crippen LogP contribution < -0.4 is 10.6 Å². The van der Waals surface area contributed by atoms with Crippen molar-refractivity contribution in [1.29, 1.82) is 0 Å². The molecular formula is C15H29N3. The van der Waals surface area contributed by atoms with Crippen molar-refractivity contribution in [2.24, 2.45) is 10.4 Å². The Morgan fingerprint density at radius 2 is 1.89 bits per heavy atom. The molecule has 1 aliphatic rings. The van der Waals surface area contributed by atoms with Crippen LogP contribution in [0.1, 0.15) is 52.9 Å². The lowest BCUT2D eigenvalue weighted by Gasteiger charge is -2.19. The number of rotatable bonds is 5. The second-order valence-electron chi connectivity index (χ2n) is 6.30. The molecule has 1 rings (SSSR count). The highest BCUT2D eigenvalue weighted by Gasteiger charge is 2.11. The second-order valence-corrected chi connectivity index (χ2v) is 6.30. The van der Waals surface area contributed by atoms with Crippen molar-refractivity contribution in [2.75, 3.05) is 13.6 Å². The van der Waals surface area contributed by atoms with Crippen LogP contribution in [0.2, 0.25) is 0 Å². The summed E-state index contributed by atoms with van der Waals surface area (Å²) in [5.74, 6) is 0.944. The Morgan fingerprint density at radius 1 is 1.22 bits per heavy atom. The molecule has 0 fully saturated rings. The van der Waals surface area contributed by atoms with Crippen LogP contribution in [0.3, 0.4) is 0 Å². The first kappa shape index (κ1) is 15.1. The number of aliphatic imine (C=N–C) groups is 1. The topological polar surface area (TPSA) is 36.4 Å². The van der Waals surface area contributed by atoms with Crippen LogP contribution in [0.5, 0.6) is 0 Å². The molecule has 0 aromatic heterocycles. The molecule has 0 atom stereocenters. The third-order valence-corrected chi connectivity index (χ3v) is 3.22. The van der Waals surface area contributed by atoms with E-state index in [9.17, 15) is 0 Å². The molecular weight excluding hydrogens is 222 g/mol. The van der Waals surface area contributed by atoms with E-state index in [0.29, 0.717) is 11.5 Å². The molecule has 0 aromatic carbocycles. The van der Waals surface area contributed by atoms with Crippen LogP contribution >= 0.6 is 0 Å². The minimum Gasteiger partial charge on any atom is -0.356 e. The van der Waals surface area contributed by atoms with Gasteiger partial charge in [-0.15, -0.1) is 0 Å². The van der Waals surface area contributed by atoms with Gasteiger partial charge >= 0.3 is 0 Å². The van der Waals surface area contributed by atoms with Gasteiger partial charge < -0.3 is 10.6 Å². The molecule has 0 heterocycles. The zero-order chi connectivity index (χ0) is 13.4. The number of hydrogen-bond acceptors (Lipinski definition) is 1. The molecule has 3 heteroatoms. The zero-order valence-corrected chi connectivity index (χ0v) is 12.4. The molecule has 0 amide bonds. The molecule has 0 aromatic rings. The summed E-state index contributed by atoms with van der Waals surface area (Å²) < 4.78 is 0. The van der Waals surface area contributed by atoms with Gasteiger partial charge in [0.1, 0.15) is 0 Å². The molecule has 0 bridgehead atoms. The van der Waals surface area contributed by atoms with Gasteiger partial charge in [0, 0.05) is 19.6 Å². The van der Waals surface area contributed by atoms with E-state index in [0.717, 1.165) is 25.3 Å². The predicted molar refractivity (Wildman–Crippen MR) is 80.0 cm³/mol. The summed E-state index contributed by atoms with van der Waals surface area (Å²) in [6.07, 6.45) is 10.5. The lowest BCUT2D eigenvalue weighted by Crippen LogP contribution is -2.42. The van der Waals surface area contributed by atoms with Gasteiger partial charge in [-0.2, -0.15) is 0 Å². The Morgan fingerprint density at radius 3 is 2.44 bits per heavy atom. The number of unbranched alkanes of at least 4 members (excludes halogenated alkanes) is 1. The van der Waals surface area contributed by atoms with Crippen LogP contribution in [-0.2, 0) is 0 Å². The van der Waals surface area contributed by atoms with Gasteiger partial charge in [0.25, 0.3) is 0 Å². The summed E-state index contributed by atoms with van der Waals surface area (Å²) in [6.45, 7) is 7.91. The second kappa shape index (κ2) is 7.45. The Bertz CT molecular complexity index is 279. The third-order valence-electron chi connectivity index (χ3n) is 3.22. The summed E-state index contributed by atoms with van der Waals surface area (Å²) in [5, 5.41) is 6.84. The van der Waals surface area contributed by atoms with Crippen LogP contribution in [0.25, 0.3) is 0 Å². The highest BCUT2D eigenvalue weighted by Crippen LogP contribution is 2.21. The summed E-state index contributed by atoms with van der Waals surface area (Å²) in [4.78, 5) is 4.26. The molecule has 0 aliphatic heterocycles. The van der Waals surface area contributed by atoms with E-state index in [1.54, 1.807) is 0 Å². The van der Waals surface area contributed by atoms with Gasteiger partial charge in [-0.25, -0.2) is 0 Å². The Hall–Kier alpha value is -0.990. The van der Waals surface area contributed by atoms with Crippen LogP contribution in [0, 0.1) is 5.41 Å². The lowest BCUT2D eigenvalue weighted by molar-refractivity contribution is 0.360. The molecule has 0 spiro atoms. The van der Waals surface area contributed by atoms with Crippen molar-refractivity contribution in [1.82, 2.24) is 10.6 Å². The maximum atomic E-state index is 4.26. The van der Waals surface area contributed by atoms with Crippen molar-refractivity contribution in [3.8, 4) is 0 Å². The van der Waals surface area contributed by atoms with Gasteiger partial charge in [0.05, 0.1) is 0 Å². The predicted octanol–water partition coefficient (Wildman–Crippen LogP) is 3.09. The average molecular weight is 251 g/mol. The highest BCUT2D eigenvalue weighted by molar-refractivity contribution is 5.80. The van der Waals surface area contributed by atoms with Gasteiger partial charge in [-0.3, -0.25) is 4.99 Å². The Kier molecular flexibility index (Phi) is 6.23. The fourth-order valence-corrected chi connectivity index (χ4v) is 2.11. The molecule has 0 saturated heterocycles. The minimum atomic E-state index is 0.454. The number of nitrogens with one attached hydrogen (secondary N) is 2. The molecule has 2 N–H and O–H groups in total. The minimum absolute atomic E-state index is 0.454. The van der Waals surface area contributed by atoms with Crippen LogP contribution in [0.4, 0.5) is 0 Å². The fraction of sp³-hybridized carbons (Fsp3) is 0.800. The average Bonchev–Trinajstić information content (AvgIpc) is 2.78. The number of nitrogens with zero attached hydrogens (tertiary/aromatic N) is 1. The molecule has 3 nitrogen and oxygen atoms in total. The van der Waals surface area contributed by atoms with Crippen LogP contribution in [0.15, 0.2) is 17.1 Å². The summed E-state index contributed by atoms with van der Waals surface area (Å²) in [6, 6.07) is 0.533. The maximum Gasteiger partial charge on any atom is 0.191 e. The lowest BCUT2D eigenvalue weighted by atomic mass is 9.90. The molecule has 0 radical (unpaired) electrons. The highest BCUT2D eigenvalue weighted by atomic mass is 15.2. The fourth-order valence-electron chi connectivity index (χ4n) is 2.11. The monoisotopic (exact) mass is 251 g/mol. The SMILES string of the molecule is CN=C(NCCCCC(C)(C)C)NC1CC=CC1. The maximum absolute atomic E-state index is 4.26. The summed E-state index contributed by atoms with van der Waals surface area (Å²) >= 11 is 0. The smallest absolute Gasteiger partial charge is 0.191 e. The van der Waals surface area contributed by atoms with E-state index in [1.807, 2.05) is 7.05 Å². The molecule has 104 valence electrons. The number of guanidine groups is 1. The van der Waals surface area contributed by atoms with Crippen molar-refractivity contribution in [3.63, 3.8) is 0 Å². The van der Waals surface area contributed by atoms with E-state index < -0.39 is 0 Å². The first-order valence-corrected chi connectivity index (χ1v) is 7.13. The number of hydrogen-bond donors (Lipinski definition) is 2. The van der Waals surface area contributed by atoms with E-state index in [4.69, 9.17) is 0 Å². The largest absolute Gasteiger partial charge is 0.356 e. The first-order valence-electron chi connectivity index (χ1n) is 7.13. The van der Waals surface area contributed by atoms with E-state index in [1.165, 1.54) is 19.3 Å². The van der Waals surface area contributed by atoms with Crippen molar-refractivity contribution < 1.29 is 0 Å². The molecule has 1 aliphatic carbocycles. The summed E-state index contributed by atoms with van der Waals surface area (Å²) in [5.41, 5.74) is 0.454. The van der Waals surface area contributed by atoms with E-state index in [2.05, 4.69) is 48.5 Å².